The van der Waals surface area contributed by atoms with Crippen LogP contribution in [-0.2, 0) is 11.3 Å². The van der Waals surface area contributed by atoms with E-state index < -0.39 is 0 Å². The molecule has 2 aromatic rings. The zero-order chi connectivity index (χ0) is 16.2. The van der Waals surface area contributed by atoms with Crippen LogP contribution in [0.4, 0.5) is 5.82 Å². The minimum atomic E-state index is -0.190. The number of anilines is 1. The summed E-state index contributed by atoms with van der Waals surface area (Å²) in [5.74, 6) is 0.572. The molecule has 23 heavy (non-hydrogen) atoms. The van der Waals surface area contributed by atoms with Crippen molar-refractivity contribution in [2.45, 2.75) is 38.4 Å². The Kier molecular flexibility index (Phi) is 4.24. The molecule has 0 aromatic carbocycles. The summed E-state index contributed by atoms with van der Waals surface area (Å²) in [6.07, 6.45) is 6.49. The van der Waals surface area contributed by atoms with Gasteiger partial charge in [0.2, 0.25) is 5.91 Å². The van der Waals surface area contributed by atoms with Gasteiger partial charge in [0, 0.05) is 30.9 Å². The lowest BCUT2D eigenvalue weighted by Crippen LogP contribution is -2.45. The van der Waals surface area contributed by atoms with E-state index in [-0.39, 0.29) is 18.0 Å². The SMILES string of the molecule is CCn1cc([C@@H]2NC(=O)CC[C@H]2Nc2ncccc2C#N)cn1. The van der Waals surface area contributed by atoms with Crippen LogP contribution in [0.3, 0.4) is 0 Å². The molecule has 1 aliphatic rings. The van der Waals surface area contributed by atoms with Gasteiger partial charge in [0.1, 0.15) is 11.9 Å². The van der Waals surface area contributed by atoms with Crippen molar-refractivity contribution in [2.24, 2.45) is 0 Å². The van der Waals surface area contributed by atoms with Gasteiger partial charge in [-0.2, -0.15) is 10.4 Å². The number of aromatic nitrogens is 3. The lowest BCUT2D eigenvalue weighted by molar-refractivity contribution is -0.123. The quantitative estimate of drug-likeness (QED) is 0.894. The number of rotatable bonds is 4. The lowest BCUT2D eigenvalue weighted by Gasteiger charge is -2.32. The molecule has 0 aliphatic carbocycles. The molecule has 0 bridgehead atoms. The zero-order valence-electron chi connectivity index (χ0n) is 12.9. The van der Waals surface area contributed by atoms with Crippen molar-refractivity contribution >= 4 is 11.7 Å². The molecular weight excluding hydrogens is 292 g/mol. The van der Waals surface area contributed by atoms with Gasteiger partial charge >= 0.3 is 0 Å². The van der Waals surface area contributed by atoms with Crippen molar-refractivity contribution in [1.82, 2.24) is 20.1 Å². The van der Waals surface area contributed by atoms with E-state index in [9.17, 15) is 10.1 Å². The minimum absolute atomic E-state index is 0.0267. The Hall–Kier alpha value is -2.88. The molecule has 0 spiro atoms. The number of carbonyl (C=O) groups excluding carboxylic acids is 1. The number of nitrogens with one attached hydrogen (secondary N) is 2. The number of aryl methyl sites for hydroxylation is 1. The Morgan fingerprint density at radius 3 is 3.17 bits per heavy atom. The summed E-state index contributed by atoms with van der Waals surface area (Å²) in [7, 11) is 0. The van der Waals surface area contributed by atoms with E-state index in [1.54, 1.807) is 24.5 Å². The third kappa shape index (κ3) is 3.16. The lowest BCUT2D eigenvalue weighted by atomic mass is 9.93. The number of hydrogen-bond acceptors (Lipinski definition) is 5. The molecule has 3 heterocycles. The Morgan fingerprint density at radius 2 is 2.43 bits per heavy atom. The van der Waals surface area contributed by atoms with E-state index >= 15 is 0 Å². The Bertz CT molecular complexity index is 747. The van der Waals surface area contributed by atoms with Gasteiger partial charge < -0.3 is 10.6 Å². The van der Waals surface area contributed by atoms with Crippen LogP contribution in [0.2, 0.25) is 0 Å². The van der Waals surface area contributed by atoms with Gasteiger partial charge in [0.05, 0.1) is 23.8 Å². The van der Waals surface area contributed by atoms with Crippen molar-refractivity contribution in [1.29, 1.82) is 5.26 Å². The van der Waals surface area contributed by atoms with E-state index in [1.807, 2.05) is 17.8 Å². The van der Waals surface area contributed by atoms with Crippen molar-refractivity contribution < 1.29 is 4.79 Å². The van der Waals surface area contributed by atoms with Crippen LogP contribution in [-0.4, -0.2) is 26.7 Å². The summed E-state index contributed by atoms with van der Waals surface area (Å²) in [5, 5.41) is 19.8. The normalized spacial score (nSPS) is 20.6. The number of carbonyl (C=O) groups is 1. The van der Waals surface area contributed by atoms with Crippen LogP contribution in [0.5, 0.6) is 0 Å². The van der Waals surface area contributed by atoms with Crippen LogP contribution < -0.4 is 10.6 Å². The maximum absolute atomic E-state index is 11.8. The molecule has 2 N–H and O–H groups in total. The van der Waals surface area contributed by atoms with Crippen LogP contribution in [0.1, 0.15) is 36.9 Å². The summed E-state index contributed by atoms with van der Waals surface area (Å²) in [4.78, 5) is 16.1. The van der Waals surface area contributed by atoms with E-state index in [2.05, 4.69) is 26.8 Å². The second-order valence-corrected chi connectivity index (χ2v) is 5.48. The van der Waals surface area contributed by atoms with Gasteiger partial charge in [-0.25, -0.2) is 4.98 Å². The van der Waals surface area contributed by atoms with E-state index in [1.165, 1.54) is 0 Å². The summed E-state index contributed by atoms with van der Waals surface area (Å²) >= 11 is 0. The monoisotopic (exact) mass is 310 g/mol. The molecule has 3 rings (SSSR count). The summed E-state index contributed by atoms with van der Waals surface area (Å²) in [6, 6.07) is 5.36. The number of nitriles is 1. The molecule has 0 saturated carbocycles. The van der Waals surface area contributed by atoms with E-state index in [0.717, 1.165) is 12.1 Å². The third-order valence-corrected chi connectivity index (χ3v) is 3.99. The summed E-state index contributed by atoms with van der Waals surface area (Å²) in [5.41, 5.74) is 1.44. The van der Waals surface area contributed by atoms with Crippen molar-refractivity contribution in [2.75, 3.05) is 5.32 Å². The first-order valence-electron chi connectivity index (χ1n) is 7.64. The first kappa shape index (κ1) is 15.0. The number of piperidine rings is 1. The Balaban J connectivity index is 1.86. The van der Waals surface area contributed by atoms with Crippen LogP contribution in [0.15, 0.2) is 30.7 Å². The minimum Gasteiger partial charge on any atom is -0.364 e. The van der Waals surface area contributed by atoms with Gasteiger partial charge in [0.15, 0.2) is 0 Å². The molecule has 1 fully saturated rings. The number of hydrogen-bond donors (Lipinski definition) is 2. The third-order valence-electron chi connectivity index (χ3n) is 3.99. The highest BCUT2D eigenvalue weighted by molar-refractivity contribution is 5.78. The standard InChI is InChI=1S/C16H18N6O/c1-2-22-10-12(9-19-22)15-13(5-6-14(23)21-15)20-16-11(8-17)4-3-7-18-16/h3-4,7,9-10,13,15H,2,5-6H2,1H3,(H,18,20)(H,21,23)/t13-,15+/m1/s1. The molecule has 2 atom stereocenters. The van der Waals surface area contributed by atoms with Gasteiger partial charge in [-0.15, -0.1) is 0 Å². The molecule has 118 valence electrons. The Morgan fingerprint density at radius 1 is 1.57 bits per heavy atom. The maximum atomic E-state index is 11.8. The first-order chi connectivity index (χ1) is 11.2. The van der Waals surface area contributed by atoms with E-state index in [4.69, 9.17) is 0 Å². The molecule has 1 amide bonds. The largest absolute Gasteiger partial charge is 0.364 e. The number of nitrogens with zero attached hydrogens (tertiary/aromatic N) is 4. The molecule has 7 heteroatoms. The maximum Gasteiger partial charge on any atom is 0.220 e. The molecule has 0 unspecified atom stereocenters. The molecular formula is C16H18N6O. The summed E-state index contributed by atoms with van der Waals surface area (Å²) < 4.78 is 1.83. The zero-order valence-corrected chi connectivity index (χ0v) is 12.9. The number of pyridine rings is 1. The average Bonchev–Trinajstić information content (AvgIpc) is 3.06. The van der Waals surface area contributed by atoms with Crippen molar-refractivity contribution in [3.05, 3.63) is 41.9 Å². The molecule has 1 aliphatic heterocycles. The van der Waals surface area contributed by atoms with Crippen LogP contribution >= 0.6 is 0 Å². The predicted octanol–water partition coefficient (Wildman–Crippen LogP) is 1.60. The van der Waals surface area contributed by atoms with Gasteiger partial charge in [-0.3, -0.25) is 9.48 Å². The Labute approximate surface area is 134 Å². The topological polar surface area (TPSA) is 95.6 Å². The molecule has 1 saturated heterocycles. The summed E-state index contributed by atoms with van der Waals surface area (Å²) in [6.45, 7) is 2.79. The highest BCUT2D eigenvalue weighted by Gasteiger charge is 2.31. The fourth-order valence-electron chi connectivity index (χ4n) is 2.77. The van der Waals surface area contributed by atoms with Gasteiger partial charge in [-0.1, -0.05) is 0 Å². The van der Waals surface area contributed by atoms with Gasteiger partial charge in [0.25, 0.3) is 0 Å². The fourth-order valence-corrected chi connectivity index (χ4v) is 2.77. The highest BCUT2D eigenvalue weighted by Crippen LogP contribution is 2.27. The second kappa shape index (κ2) is 6.48. The number of amides is 1. The fraction of sp³-hybridized carbons (Fsp3) is 0.375. The van der Waals surface area contributed by atoms with Crippen LogP contribution in [0.25, 0.3) is 0 Å². The van der Waals surface area contributed by atoms with Crippen LogP contribution in [0, 0.1) is 11.3 Å². The first-order valence-corrected chi connectivity index (χ1v) is 7.64. The average molecular weight is 310 g/mol. The van der Waals surface area contributed by atoms with E-state index in [0.29, 0.717) is 24.2 Å². The predicted molar refractivity (Wildman–Crippen MR) is 84.4 cm³/mol. The van der Waals surface area contributed by atoms with Gasteiger partial charge in [-0.05, 0) is 25.5 Å². The molecule has 7 nitrogen and oxygen atoms in total. The molecule has 0 radical (unpaired) electrons. The molecule has 2 aromatic heterocycles. The second-order valence-electron chi connectivity index (χ2n) is 5.48. The van der Waals surface area contributed by atoms with Crippen molar-refractivity contribution in [3.8, 4) is 6.07 Å². The highest BCUT2D eigenvalue weighted by atomic mass is 16.1. The smallest absolute Gasteiger partial charge is 0.220 e. The van der Waals surface area contributed by atoms with Crippen molar-refractivity contribution in [3.63, 3.8) is 0 Å².